The van der Waals surface area contributed by atoms with Gasteiger partial charge < -0.3 is 10.1 Å². The molecule has 0 aromatic rings. The van der Waals surface area contributed by atoms with Crippen molar-refractivity contribution in [2.75, 3.05) is 13.2 Å². The molecule has 2 heteroatoms. The second-order valence-corrected chi connectivity index (χ2v) is 4.24. The van der Waals surface area contributed by atoms with E-state index in [0.717, 1.165) is 13.2 Å². The van der Waals surface area contributed by atoms with Crippen LogP contribution in [0.5, 0.6) is 0 Å². The van der Waals surface area contributed by atoms with Gasteiger partial charge in [0.25, 0.3) is 0 Å². The standard InChI is InChI=1S/C11H23NO/c1-10(2)12-8-4-3-6-11-7-5-9-13-11/h10-12H,3-9H2,1-2H3. The Morgan fingerprint density at radius 1 is 1.38 bits per heavy atom. The summed E-state index contributed by atoms with van der Waals surface area (Å²) in [4.78, 5) is 0. The van der Waals surface area contributed by atoms with Crippen LogP contribution in [-0.2, 0) is 4.74 Å². The molecule has 1 saturated heterocycles. The van der Waals surface area contributed by atoms with Crippen molar-refractivity contribution in [3.63, 3.8) is 0 Å². The van der Waals surface area contributed by atoms with Crippen molar-refractivity contribution in [1.82, 2.24) is 5.32 Å². The van der Waals surface area contributed by atoms with Crippen molar-refractivity contribution < 1.29 is 4.74 Å². The lowest BCUT2D eigenvalue weighted by molar-refractivity contribution is 0.102. The first-order valence-electron chi connectivity index (χ1n) is 5.64. The Hall–Kier alpha value is -0.0800. The van der Waals surface area contributed by atoms with Crippen LogP contribution in [0, 0.1) is 0 Å². The smallest absolute Gasteiger partial charge is 0.0576 e. The molecule has 1 unspecified atom stereocenters. The Bertz CT molecular complexity index is 119. The summed E-state index contributed by atoms with van der Waals surface area (Å²) in [5.74, 6) is 0. The third-order valence-electron chi connectivity index (χ3n) is 2.53. The average molecular weight is 185 g/mol. The van der Waals surface area contributed by atoms with Gasteiger partial charge in [0.15, 0.2) is 0 Å². The molecule has 1 atom stereocenters. The summed E-state index contributed by atoms with van der Waals surface area (Å²) < 4.78 is 5.56. The van der Waals surface area contributed by atoms with Gasteiger partial charge in [-0.25, -0.2) is 0 Å². The third-order valence-corrected chi connectivity index (χ3v) is 2.53. The van der Waals surface area contributed by atoms with Gasteiger partial charge in [-0.05, 0) is 38.6 Å². The monoisotopic (exact) mass is 185 g/mol. The highest BCUT2D eigenvalue weighted by atomic mass is 16.5. The molecule has 78 valence electrons. The van der Waals surface area contributed by atoms with Gasteiger partial charge in [-0.2, -0.15) is 0 Å². The largest absolute Gasteiger partial charge is 0.378 e. The van der Waals surface area contributed by atoms with E-state index < -0.39 is 0 Å². The van der Waals surface area contributed by atoms with E-state index in [1.54, 1.807) is 0 Å². The first-order chi connectivity index (χ1) is 6.29. The van der Waals surface area contributed by atoms with Gasteiger partial charge in [-0.1, -0.05) is 13.8 Å². The molecule has 1 aliphatic rings. The number of nitrogens with one attached hydrogen (secondary N) is 1. The molecule has 0 aromatic heterocycles. The fraction of sp³-hybridized carbons (Fsp3) is 1.00. The molecule has 0 saturated carbocycles. The second kappa shape index (κ2) is 6.39. The van der Waals surface area contributed by atoms with Crippen LogP contribution in [0.1, 0.15) is 46.0 Å². The van der Waals surface area contributed by atoms with Gasteiger partial charge in [0.05, 0.1) is 6.10 Å². The maximum absolute atomic E-state index is 5.56. The zero-order valence-electron chi connectivity index (χ0n) is 9.01. The van der Waals surface area contributed by atoms with Crippen LogP contribution in [0.15, 0.2) is 0 Å². The summed E-state index contributed by atoms with van der Waals surface area (Å²) in [6.07, 6.45) is 7.01. The van der Waals surface area contributed by atoms with E-state index in [1.807, 2.05) is 0 Å². The minimum Gasteiger partial charge on any atom is -0.378 e. The van der Waals surface area contributed by atoms with Crippen molar-refractivity contribution in [2.45, 2.75) is 58.1 Å². The van der Waals surface area contributed by atoms with Crippen LogP contribution in [0.3, 0.4) is 0 Å². The highest BCUT2D eigenvalue weighted by Crippen LogP contribution is 2.17. The molecule has 13 heavy (non-hydrogen) atoms. The van der Waals surface area contributed by atoms with E-state index in [4.69, 9.17) is 4.74 Å². The summed E-state index contributed by atoms with van der Waals surface area (Å²) in [5, 5.41) is 3.43. The number of hydrogen-bond acceptors (Lipinski definition) is 2. The topological polar surface area (TPSA) is 21.3 Å². The van der Waals surface area contributed by atoms with E-state index in [0.29, 0.717) is 12.1 Å². The van der Waals surface area contributed by atoms with Crippen LogP contribution in [0.4, 0.5) is 0 Å². The predicted octanol–water partition coefficient (Wildman–Crippen LogP) is 2.33. The van der Waals surface area contributed by atoms with Crippen molar-refractivity contribution in [3.8, 4) is 0 Å². The van der Waals surface area contributed by atoms with E-state index in [-0.39, 0.29) is 0 Å². The Labute approximate surface area is 82.0 Å². The van der Waals surface area contributed by atoms with Crippen molar-refractivity contribution in [3.05, 3.63) is 0 Å². The molecule has 1 heterocycles. The predicted molar refractivity (Wildman–Crippen MR) is 56.0 cm³/mol. The molecule has 1 aliphatic heterocycles. The molecule has 2 nitrogen and oxygen atoms in total. The fourth-order valence-electron chi connectivity index (χ4n) is 1.76. The van der Waals surface area contributed by atoms with E-state index >= 15 is 0 Å². The van der Waals surface area contributed by atoms with Crippen LogP contribution in [0.25, 0.3) is 0 Å². The zero-order valence-corrected chi connectivity index (χ0v) is 9.01. The molecule has 1 rings (SSSR count). The Morgan fingerprint density at radius 3 is 2.85 bits per heavy atom. The lowest BCUT2D eigenvalue weighted by atomic mass is 10.1. The van der Waals surface area contributed by atoms with Gasteiger partial charge in [-0.15, -0.1) is 0 Å². The van der Waals surface area contributed by atoms with Crippen LogP contribution < -0.4 is 5.32 Å². The average Bonchev–Trinajstić information content (AvgIpc) is 2.55. The minimum atomic E-state index is 0.582. The Balaban J connectivity index is 1.83. The van der Waals surface area contributed by atoms with Gasteiger partial charge in [0.2, 0.25) is 0 Å². The molecule has 1 N–H and O–H groups in total. The van der Waals surface area contributed by atoms with E-state index in [9.17, 15) is 0 Å². The van der Waals surface area contributed by atoms with Crippen molar-refractivity contribution in [2.24, 2.45) is 0 Å². The maximum atomic E-state index is 5.56. The highest BCUT2D eigenvalue weighted by molar-refractivity contribution is 4.65. The summed E-state index contributed by atoms with van der Waals surface area (Å²) in [7, 11) is 0. The van der Waals surface area contributed by atoms with E-state index in [2.05, 4.69) is 19.2 Å². The second-order valence-electron chi connectivity index (χ2n) is 4.24. The normalized spacial score (nSPS) is 22.8. The number of unbranched alkanes of at least 4 members (excludes halogenated alkanes) is 1. The SMILES string of the molecule is CC(C)NCCCCC1CCCO1. The zero-order chi connectivity index (χ0) is 9.52. The van der Waals surface area contributed by atoms with Gasteiger partial charge in [-0.3, -0.25) is 0 Å². The van der Waals surface area contributed by atoms with Crippen molar-refractivity contribution in [1.29, 1.82) is 0 Å². The molecular formula is C11H23NO. The number of rotatable bonds is 6. The molecule has 0 aliphatic carbocycles. The Morgan fingerprint density at radius 2 is 2.23 bits per heavy atom. The molecule has 0 bridgehead atoms. The quantitative estimate of drug-likeness (QED) is 0.641. The summed E-state index contributed by atoms with van der Waals surface area (Å²) in [6.45, 7) is 6.54. The van der Waals surface area contributed by atoms with Crippen LogP contribution in [-0.4, -0.2) is 25.3 Å². The molecule has 0 amide bonds. The van der Waals surface area contributed by atoms with Gasteiger partial charge in [0.1, 0.15) is 0 Å². The first-order valence-corrected chi connectivity index (χ1v) is 5.64. The third kappa shape index (κ3) is 5.27. The fourth-order valence-corrected chi connectivity index (χ4v) is 1.76. The summed E-state index contributed by atoms with van der Waals surface area (Å²) in [5.41, 5.74) is 0. The molecular weight excluding hydrogens is 162 g/mol. The summed E-state index contributed by atoms with van der Waals surface area (Å²) in [6, 6.07) is 0.628. The molecule has 0 aromatic carbocycles. The van der Waals surface area contributed by atoms with Gasteiger partial charge >= 0.3 is 0 Å². The lowest BCUT2D eigenvalue weighted by Crippen LogP contribution is -2.23. The van der Waals surface area contributed by atoms with E-state index in [1.165, 1.54) is 32.1 Å². The molecule has 0 radical (unpaired) electrons. The molecule has 1 fully saturated rings. The number of ether oxygens (including phenoxy) is 1. The Kier molecular flexibility index (Phi) is 5.40. The number of hydrogen-bond donors (Lipinski definition) is 1. The van der Waals surface area contributed by atoms with Gasteiger partial charge in [0, 0.05) is 12.6 Å². The highest BCUT2D eigenvalue weighted by Gasteiger charge is 2.14. The maximum Gasteiger partial charge on any atom is 0.0576 e. The molecule has 0 spiro atoms. The minimum absolute atomic E-state index is 0.582. The summed E-state index contributed by atoms with van der Waals surface area (Å²) >= 11 is 0. The first kappa shape index (κ1) is 11.0. The van der Waals surface area contributed by atoms with Crippen LogP contribution in [0.2, 0.25) is 0 Å². The van der Waals surface area contributed by atoms with Crippen molar-refractivity contribution >= 4 is 0 Å². The lowest BCUT2D eigenvalue weighted by Gasteiger charge is -2.10. The van der Waals surface area contributed by atoms with Crippen LogP contribution >= 0.6 is 0 Å².